The van der Waals surface area contributed by atoms with Crippen LogP contribution in [0.2, 0.25) is 0 Å². The van der Waals surface area contributed by atoms with Crippen LogP contribution in [0.25, 0.3) is 0 Å². The summed E-state index contributed by atoms with van der Waals surface area (Å²) < 4.78 is 0. The Balaban J connectivity index is 2.39. The Kier molecular flexibility index (Phi) is 2.91. The first-order valence-corrected chi connectivity index (χ1v) is 3.03. The molecule has 0 aliphatic heterocycles. The zero-order valence-corrected chi connectivity index (χ0v) is 5.68. The van der Waals surface area contributed by atoms with E-state index in [1.807, 2.05) is 6.07 Å². The molecule has 0 saturated heterocycles. The molecular formula is C6H7BO4. The van der Waals surface area contributed by atoms with Crippen molar-refractivity contribution in [2.75, 3.05) is 0 Å². The van der Waals surface area contributed by atoms with Crippen LogP contribution < -0.4 is 4.89 Å². The van der Waals surface area contributed by atoms with E-state index in [2.05, 4.69) is 9.69 Å². The van der Waals surface area contributed by atoms with Crippen molar-refractivity contribution in [1.29, 1.82) is 0 Å². The van der Waals surface area contributed by atoms with E-state index in [9.17, 15) is 0 Å². The van der Waals surface area contributed by atoms with Crippen LogP contribution in [-0.4, -0.2) is 17.4 Å². The van der Waals surface area contributed by atoms with Gasteiger partial charge in [0.1, 0.15) is 0 Å². The van der Waals surface area contributed by atoms with Crippen molar-refractivity contribution < 1.29 is 19.7 Å². The molecule has 58 valence electrons. The maximum Gasteiger partial charge on any atom is 0.672 e. The summed E-state index contributed by atoms with van der Waals surface area (Å²) in [5.74, 6) is 0.417. The van der Waals surface area contributed by atoms with E-state index < -0.39 is 7.32 Å². The first kappa shape index (κ1) is 8.07. The lowest BCUT2D eigenvalue weighted by Gasteiger charge is -2.01. The molecule has 0 radical (unpaired) electrons. The Hall–Kier alpha value is -1.04. The van der Waals surface area contributed by atoms with E-state index in [-0.39, 0.29) is 0 Å². The summed E-state index contributed by atoms with van der Waals surface area (Å²) in [5, 5.41) is 16.4. The van der Waals surface area contributed by atoms with Crippen molar-refractivity contribution >= 4 is 7.32 Å². The highest BCUT2D eigenvalue weighted by atomic mass is 17.2. The Morgan fingerprint density at radius 1 is 1.09 bits per heavy atom. The fourth-order valence-corrected chi connectivity index (χ4v) is 0.575. The van der Waals surface area contributed by atoms with Gasteiger partial charge in [0, 0.05) is 0 Å². The first-order chi connectivity index (χ1) is 5.29. The fraction of sp³-hybridized carbons (Fsp3) is 0. The standard InChI is InChI=1S/C6H7BO4/c8-7(9)11-10-6-4-2-1-3-5-6/h1-5,8-9H. The Labute approximate surface area is 64.1 Å². The molecule has 0 amide bonds. The van der Waals surface area contributed by atoms with Crippen molar-refractivity contribution in [2.24, 2.45) is 0 Å². The molecule has 0 heterocycles. The summed E-state index contributed by atoms with van der Waals surface area (Å²) in [4.78, 5) is 8.51. The molecule has 0 bridgehead atoms. The van der Waals surface area contributed by atoms with E-state index in [0.29, 0.717) is 5.75 Å². The zero-order chi connectivity index (χ0) is 8.10. The van der Waals surface area contributed by atoms with Gasteiger partial charge in [0.2, 0.25) is 0 Å². The van der Waals surface area contributed by atoms with Crippen molar-refractivity contribution in [2.45, 2.75) is 0 Å². The third kappa shape index (κ3) is 3.04. The molecule has 5 heteroatoms. The molecule has 0 unspecified atom stereocenters. The molecule has 1 rings (SSSR count). The maximum absolute atomic E-state index is 8.22. The highest BCUT2D eigenvalue weighted by Gasteiger charge is 2.09. The molecule has 0 fully saturated rings. The normalized spacial score (nSPS) is 9.27. The predicted molar refractivity (Wildman–Crippen MR) is 38.3 cm³/mol. The van der Waals surface area contributed by atoms with Gasteiger partial charge in [-0.25, -0.2) is 0 Å². The van der Waals surface area contributed by atoms with Crippen LogP contribution in [0.4, 0.5) is 0 Å². The maximum atomic E-state index is 8.22. The number of hydrogen-bond acceptors (Lipinski definition) is 4. The molecular weight excluding hydrogens is 147 g/mol. The molecule has 2 N–H and O–H groups in total. The van der Waals surface area contributed by atoms with Gasteiger partial charge >= 0.3 is 7.32 Å². The van der Waals surface area contributed by atoms with Gasteiger partial charge in [-0.05, 0) is 12.1 Å². The van der Waals surface area contributed by atoms with Crippen molar-refractivity contribution in [1.82, 2.24) is 0 Å². The summed E-state index contributed by atoms with van der Waals surface area (Å²) in [6.45, 7) is 0. The van der Waals surface area contributed by atoms with Crippen LogP contribution in [-0.2, 0) is 4.81 Å². The third-order valence-electron chi connectivity index (χ3n) is 0.974. The zero-order valence-electron chi connectivity index (χ0n) is 5.68. The first-order valence-electron chi connectivity index (χ1n) is 3.03. The van der Waals surface area contributed by atoms with Gasteiger partial charge in [0.25, 0.3) is 0 Å². The average Bonchev–Trinajstić information content (AvgIpc) is 2.03. The van der Waals surface area contributed by atoms with Gasteiger partial charge in [-0.15, -0.1) is 0 Å². The molecule has 0 saturated carbocycles. The molecule has 1 aromatic rings. The van der Waals surface area contributed by atoms with Crippen LogP contribution in [0, 0.1) is 0 Å². The predicted octanol–water partition coefficient (Wildman–Crippen LogP) is -0.0335. The quantitative estimate of drug-likeness (QED) is 0.364. The second kappa shape index (κ2) is 3.97. The third-order valence-corrected chi connectivity index (χ3v) is 0.974. The molecule has 0 spiro atoms. The van der Waals surface area contributed by atoms with Gasteiger partial charge in [-0.3, -0.25) is 0 Å². The lowest BCUT2D eigenvalue weighted by atomic mass is 10.3. The summed E-state index contributed by atoms with van der Waals surface area (Å²) in [6, 6.07) is 8.54. The average molecular weight is 154 g/mol. The SMILES string of the molecule is OB(O)OOc1ccccc1. The van der Waals surface area contributed by atoms with E-state index in [1.165, 1.54) is 0 Å². The minimum absolute atomic E-state index is 0.417. The lowest BCUT2D eigenvalue weighted by Crippen LogP contribution is -2.18. The molecule has 0 aromatic heterocycles. The number of para-hydroxylation sites is 1. The van der Waals surface area contributed by atoms with E-state index in [4.69, 9.17) is 10.0 Å². The topological polar surface area (TPSA) is 58.9 Å². The lowest BCUT2D eigenvalue weighted by molar-refractivity contribution is -0.137. The van der Waals surface area contributed by atoms with E-state index in [1.54, 1.807) is 24.3 Å². The molecule has 11 heavy (non-hydrogen) atoms. The molecule has 1 aromatic carbocycles. The van der Waals surface area contributed by atoms with Gasteiger partial charge in [-0.1, -0.05) is 18.2 Å². The number of benzene rings is 1. The van der Waals surface area contributed by atoms with Gasteiger partial charge in [-0.2, -0.15) is 4.81 Å². The van der Waals surface area contributed by atoms with Gasteiger partial charge in [0.05, 0.1) is 0 Å². The summed E-state index contributed by atoms with van der Waals surface area (Å²) in [5.41, 5.74) is 0. The van der Waals surface area contributed by atoms with E-state index >= 15 is 0 Å². The van der Waals surface area contributed by atoms with Crippen molar-refractivity contribution in [3.8, 4) is 5.75 Å². The van der Waals surface area contributed by atoms with Crippen LogP contribution in [0.3, 0.4) is 0 Å². The Bertz CT molecular complexity index is 201. The molecule has 0 atom stereocenters. The van der Waals surface area contributed by atoms with Gasteiger partial charge < -0.3 is 14.9 Å². The second-order valence-electron chi connectivity index (χ2n) is 1.82. The van der Waals surface area contributed by atoms with Crippen molar-refractivity contribution in [3.05, 3.63) is 30.3 Å². The smallest absolute Gasteiger partial charge is 0.400 e. The number of rotatable bonds is 3. The van der Waals surface area contributed by atoms with Crippen LogP contribution in [0.15, 0.2) is 30.3 Å². The Morgan fingerprint density at radius 3 is 2.27 bits per heavy atom. The number of hydrogen-bond donors (Lipinski definition) is 2. The monoisotopic (exact) mass is 154 g/mol. The minimum Gasteiger partial charge on any atom is -0.400 e. The molecule has 0 aliphatic carbocycles. The van der Waals surface area contributed by atoms with Crippen LogP contribution >= 0.6 is 0 Å². The summed E-state index contributed by atoms with van der Waals surface area (Å²) >= 11 is 0. The highest BCUT2D eigenvalue weighted by molar-refractivity contribution is 6.32. The van der Waals surface area contributed by atoms with Gasteiger partial charge in [0.15, 0.2) is 5.75 Å². The fourth-order valence-electron chi connectivity index (χ4n) is 0.575. The summed E-state index contributed by atoms with van der Waals surface area (Å²) in [7, 11) is -1.91. The van der Waals surface area contributed by atoms with E-state index in [0.717, 1.165) is 0 Å². The van der Waals surface area contributed by atoms with Crippen LogP contribution in [0.1, 0.15) is 0 Å². The highest BCUT2D eigenvalue weighted by Crippen LogP contribution is 2.07. The van der Waals surface area contributed by atoms with Crippen LogP contribution in [0.5, 0.6) is 5.75 Å². The molecule has 4 nitrogen and oxygen atoms in total. The second-order valence-corrected chi connectivity index (χ2v) is 1.82. The molecule has 0 aliphatic rings. The largest absolute Gasteiger partial charge is 0.672 e. The van der Waals surface area contributed by atoms with Crippen molar-refractivity contribution in [3.63, 3.8) is 0 Å². The summed E-state index contributed by atoms with van der Waals surface area (Å²) in [6.07, 6.45) is 0. The minimum atomic E-state index is -1.91. The Morgan fingerprint density at radius 2 is 1.73 bits per heavy atom.